The summed E-state index contributed by atoms with van der Waals surface area (Å²) in [6.45, 7) is 2.76. The lowest BCUT2D eigenvalue weighted by atomic mass is 10.4. The van der Waals surface area contributed by atoms with Gasteiger partial charge in [0, 0.05) is 18.3 Å². The molecule has 0 fully saturated rings. The van der Waals surface area contributed by atoms with Crippen LogP contribution in [0.25, 0.3) is 0 Å². The molecular weight excluding hydrogens is 288 g/mol. The number of aromatic nitrogens is 4. The zero-order valence-corrected chi connectivity index (χ0v) is 11.3. The number of nitrogens with two attached hydrogens (primary N) is 1. The molecule has 2 rings (SSSR count). The Bertz CT molecular complexity index is 746. The van der Waals surface area contributed by atoms with E-state index in [0.29, 0.717) is 6.54 Å². The number of sulfonamides is 1. The van der Waals surface area contributed by atoms with Gasteiger partial charge in [-0.15, -0.1) is 0 Å². The number of nitro groups is 1. The first-order valence-electron chi connectivity index (χ1n) is 5.57. The van der Waals surface area contributed by atoms with Gasteiger partial charge in [-0.05, 0) is 11.8 Å². The second-order valence-corrected chi connectivity index (χ2v) is 5.55. The molecule has 20 heavy (non-hydrogen) atoms. The van der Waals surface area contributed by atoms with Crippen molar-refractivity contribution in [3.05, 3.63) is 34.3 Å². The van der Waals surface area contributed by atoms with Gasteiger partial charge in [0.05, 0.1) is 24.0 Å². The van der Waals surface area contributed by atoms with E-state index in [1.54, 1.807) is 17.1 Å². The number of aryl methyl sites for hydroxylation is 1. The van der Waals surface area contributed by atoms with Gasteiger partial charge in [0.25, 0.3) is 0 Å². The first-order valence-corrected chi connectivity index (χ1v) is 7.12. The molecule has 0 saturated heterocycles. The Kier molecular flexibility index (Phi) is 3.55. The molecule has 0 unspecified atom stereocenters. The third-order valence-corrected chi connectivity index (χ3v) is 3.45. The molecule has 0 spiro atoms. The SMILES string of the molecule is CCn1cc(Cn2cc(S(N)(=O)=O)c([N+](=O)[O-])n2)cn1. The van der Waals surface area contributed by atoms with Gasteiger partial charge in [-0.25, -0.2) is 13.6 Å². The fourth-order valence-corrected chi connectivity index (χ4v) is 2.29. The minimum Gasteiger partial charge on any atom is -0.358 e. The Morgan fingerprint density at radius 3 is 2.55 bits per heavy atom. The summed E-state index contributed by atoms with van der Waals surface area (Å²) < 4.78 is 25.4. The molecule has 0 aliphatic carbocycles. The van der Waals surface area contributed by atoms with Crippen molar-refractivity contribution in [2.24, 2.45) is 5.14 Å². The number of hydrogen-bond acceptors (Lipinski definition) is 6. The first kappa shape index (κ1) is 14.1. The number of nitrogens with zero attached hydrogens (tertiary/aromatic N) is 5. The molecule has 2 aromatic heterocycles. The molecule has 11 heteroatoms. The van der Waals surface area contributed by atoms with Gasteiger partial charge in [-0.2, -0.15) is 9.78 Å². The van der Waals surface area contributed by atoms with E-state index in [1.807, 2.05) is 6.92 Å². The van der Waals surface area contributed by atoms with E-state index in [0.717, 1.165) is 16.4 Å². The summed E-state index contributed by atoms with van der Waals surface area (Å²) in [5.41, 5.74) is 0.741. The average Bonchev–Trinajstić information content (AvgIpc) is 2.95. The van der Waals surface area contributed by atoms with Crippen LogP contribution in [0.5, 0.6) is 0 Å². The summed E-state index contributed by atoms with van der Waals surface area (Å²) in [7, 11) is -4.20. The lowest BCUT2D eigenvalue weighted by molar-refractivity contribution is -0.392. The van der Waals surface area contributed by atoms with E-state index < -0.39 is 25.7 Å². The first-order chi connectivity index (χ1) is 9.31. The molecule has 0 bridgehead atoms. The zero-order valence-electron chi connectivity index (χ0n) is 10.5. The maximum Gasteiger partial charge on any atom is 0.410 e. The van der Waals surface area contributed by atoms with Crippen molar-refractivity contribution in [3.8, 4) is 0 Å². The van der Waals surface area contributed by atoms with E-state index >= 15 is 0 Å². The molecule has 0 aliphatic rings. The third kappa shape index (κ3) is 2.83. The van der Waals surface area contributed by atoms with Gasteiger partial charge in [0.15, 0.2) is 0 Å². The topological polar surface area (TPSA) is 139 Å². The molecule has 0 aromatic carbocycles. The van der Waals surface area contributed by atoms with Crippen LogP contribution in [0.2, 0.25) is 0 Å². The number of hydrogen-bond donors (Lipinski definition) is 1. The van der Waals surface area contributed by atoms with Gasteiger partial charge in [0.1, 0.15) is 0 Å². The predicted octanol–water partition coefficient (Wildman–Crippen LogP) is -0.297. The lowest BCUT2D eigenvalue weighted by Crippen LogP contribution is -2.13. The van der Waals surface area contributed by atoms with E-state index in [4.69, 9.17) is 5.14 Å². The second-order valence-electron chi connectivity index (χ2n) is 4.02. The minimum atomic E-state index is -4.20. The molecule has 0 atom stereocenters. The van der Waals surface area contributed by atoms with Crippen molar-refractivity contribution in [1.82, 2.24) is 19.6 Å². The van der Waals surface area contributed by atoms with Crippen LogP contribution in [0.3, 0.4) is 0 Å². The van der Waals surface area contributed by atoms with Crippen LogP contribution < -0.4 is 5.14 Å². The summed E-state index contributed by atoms with van der Waals surface area (Å²) >= 11 is 0. The van der Waals surface area contributed by atoms with Crippen LogP contribution in [0, 0.1) is 10.1 Å². The van der Waals surface area contributed by atoms with Crippen molar-refractivity contribution in [1.29, 1.82) is 0 Å². The van der Waals surface area contributed by atoms with E-state index in [-0.39, 0.29) is 6.54 Å². The molecule has 2 N–H and O–H groups in total. The molecule has 0 saturated carbocycles. The van der Waals surface area contributed by atoms with Crippen molar-refractivity contribution < 1.29 is 13.3 Å². The fourth-order valence-electron chi connectivity index (χ4n) is 1.65. The highest BCUT2D eigenvalue weighted by Gasteiger charge is 2.28. The van der Waals surface area contributed by atoms with Gasteiger partial charge < -0.3 is 10.1 Å². The molecule has 10 nitrogen and oxygen atoms in total. The summed E-state index contributed by atoms with van der Waals surface area (Å²) in [6.07, 6.45) is 4.36. The molecular formula is C9H12N6O4S. The van der Waals surface area contributed by atoms with Crippen LogP contribution >= 0.6 is 0 Å². The Morgan fingerprint density at radius 1 is 1.40 bits per heavy atom. The van der Waals surface area contributed by atoms with Gasteiger partial charge >= 0.3 is 5.82 Å². The Labute approximate surface area is 114 Å². The Hall–Kier alpha value is -2.27. The highest BCUT2D eigenvalue weighted by atomic mass is 32.2. The summed E-state index contributed by atoms with van der Waals surface area (Å²) in [4.78, 5) is 9.29. The molecule has 2 aromatic rings. The Balaban J connectivity index is 2.36. The third-order valence-electron chi connectivity index (χ3n) is 2.54. The average molecular weight is 300 g/mol. The van der Waals surface area contributed by atoms with Crippen molar-refractivity contribution >= 4 is 15.8 Å². The van der Waals surface area contributed by atoms with E-state index in [1.165, 1.54) is 0 Å². The predicted molar refractivity (Wildman–Crippen MR) is 67.3 cm³/mol. The van der Waals surface area contributed by atoms with Crippen LogP contribution in [-0.4, -0.2) is 32.9 Å². The van der Waals surface area contributed by atoms with Gasteiger partial charge in [0.2, 0.25) is 14.9 Å². The van der Waals surface area contributed by atoms with Crippen LogP contribution in [0.4, 0.5) is 5.82 Å². The minimum absolute atomic E-state index is 0.163. The maximum atomic E-state index is 11.3. The number of primary sulfonamides is 1. The summed E-state index contributed by atoms with van der Waals surface area (Å²) in [6, 6.07) is 0. The molecule has 2 heterocycles. The van der Waals surface area contributed by atoms with E-state index in [2.05, 4.69) is 10.2 Å². The smallest absolute Gasteiger partial charge is 0.358 e. The van der Waals surface area contributed by atoms with Crippen molar-refractivity contribution in [2.75, 3.05) is 0 Å². The highest BCUT2D eigenvalue weighted by Crippen LogP contribution is 2.20. The Morgan fingerprint density at radius 2 is 2.10 bits per heavy atom. The largest absolute Gasteiger partial charge is 0.410 e. The maximum absolute atomic E-state index is 11.3. The molecule has 0 amide bonds. The quantitative estimate of drug-likeness (QED) is 0.594. The summed E-state index contributed by atoms with van der Waals surface area (Å²) in [5, 5.41) is 23.4. The second kappa shape index (κ2) is 5.02. The van der Waals surface area contributed by atoms with Crippen molar-refractivity contribution in [2.45, 2.75) is 24.9 Å². The highest BCUT2D eigenvalue weighted by molar-refractivity contribution is 7.89. The zero-order chi connectivity index (χ0) is 14.9. The normalized spacial score (nSPS) is 11.7. The monoisotopic (exact) mass is 300 g/mol. The van der Waals surface area contributed by atoms with Crippen LogP contribution in [0.1, 0.15) is 12.5 Å². The molecule has 0 aliphatic heterocycles. The molecule has 108 valence electrons. The summed E-state index contributed by atoms with van der Waals surface area (Å²) in [5.74, 6) is -0.782. The van der Waals surface area contributed by atoms with Gasteiger partial charge in [-0.3, -0.25) is 4.68 Å². The lowest BCUT2D eigenvalue weighted by Gasteiger charge is -1.93. The molecule has 0 radical (unpaired) electrons. The van der Waals surface area contributed by atoms with Crippen LogP contribution in [0.15, 0.2) is 23.5 Å². The standard InChI is InChI=1S/C9H12N6O4S/c1-2-13-4-7(3-11-13)5-14-6-8(20(10,18)19)9(12-14)15(16)17/h3-4,6H,2,5H2,1H3,(H2,10,18,19). The fraction of sp³-hybridized carbons (Fsp3) is 0.333. The van der Waals surface area contributed by atoms with E-state index in [9.17, 15) is 18.5 Å². The van der Waals surface area contributed by atoms with Crippen molar-refractivity contribution in [3.63, 3.8) is 0 Å². The van der Waals surface area contributed by atoms with Crippen LogP contribution in [-0.2, 0) is 23.1 Å². The number of rotatable bonds is 5. The van der Waals surface area contributed by atoms with Gasteiger partial charge in [-0.1, -0.05) is 0 Å².